The fraction of sp³-hybridized carbons (Fsp3) is 0.440. The van der Waals surface area contributed by atoms with Crippen molar-refractivity contribution in [3.63, 3.8) is 0 Å². The van der Waals surface area contributed by atoms with E-state index in [1.54, 1.807) is 36.3 Å². The van der Waals surface area contributed by atoms with Crippen molar-refractivity contribution in [2.75, 3.05) is 43.6 Å². The third-order valence-corrected chi connectivity index (χ3v) is 7.27. The van der Waals surface area contributed by atoms with Crippen molar-refractivity contribution in [1.29, 1.82) is 0 Å². The highest BCUT2D eigenvalue weighted by Gasteiger charge is 2.28. The highest BCUT2D eigenvalue weighted by atomic mass is 32.1. The zero-order chi connectivity index (χ0) is 24.8. The van der Waals surface area contributed by atoms with Gasteiger partial charge in [0.2, 0.25) is 5.91 Å². The van der Waals surface area contributed by atoms with Crippen LogP contribution in [-0.4, -0.2) is 57.1 Å². The minimum Gasteiger partial charge on any atom is -0.452 e. The van der Waals surface area contributed by atoms with E-state index in [9.17, 15) is 19.2 Å². The van der Waals surface area contributed by atoms with Crippen LogP contribution in [0.15, 0.2) is 24.3 Å². The largest absolute Gasteiger partial charge is 0.452 e. The van der Waals surface area contributed by atoms with Gasteiger partial charge in [-0.2, -0.15) is 0 Å². The Kier molecular flexibility index (Phi) is 8.14. The number of aryl methyl sites for hydroxylation is 1. The van der Waals surface area contributed by atoms with Gasteiger partial charge in [-0.1, -0.05) is 12.1 Å². The second-order valence-electron chi connectivity index (χ2n) is 8.45. The number of nitrogens with zero attached hydrogens (tertiary/aromatic N) is 1. The van der Waals surface area contributed by atoms with Crippen molar-refractivity contribution in [1.82, 2.24) is 5.32 Å². The molecular formula is C25H29N3O6S. The Balaban J connectivity index is 1.43. The Hall–Kier alpha value is -3.24. The molecule has 1 aliphatic heterocycles. The highest BCUT2D eigenvalue weighted by Crippen LogP contribution is 2.38. The van der Waals surface area contributed by atoms with E-state index in [2.05, 4.69) is 10.6 Å². The number of nitrogens with one attached hydrogen (secondary N) is 2. The summed E-state index contributed by atoms with van der Waals surface area (Å²) in [5.74, 6) is -1.50. The van der Waals surface area contributed by atoms with E-state index in [1.165, 1.54) is 11.3 Å². The van der Waals surface area contributed by atoms with Crippen molar-refractivity contribution in [2.45, 2.75) is 38.5 Å². The van der Waals surface area contributed by atoms with Gasteiger partial charge in [-0.25, -0.2) is 4.79 Å². The molecule has 0 radical (unpaired) electrons. The molecule has 1 fully saturated rings. The molecule has 0 bridgehead atoms. The maximum atomic E-state index is 12.9. The number of carbonyl (C=O) groups is 4. The van der Waals surface area contributed by atoms with E-state index in [4.69, 9.17) is 9.47 Å². The van der Waals surface area contributed by atoms with Gasteiger partial charge < -0.3 is 25.0 Å². The molecule has 3 amide bonds. The van der Waals surface area contributed by atoms with E-state index in [0.29, 0.717) is 42.4 Å². The monoisotopic (exact) mass is 499 g/mol. The summed E-state index contributed by atoms with van der Waals surface area (Å²) in [7, 11) is 1.56. The molecular weight excluding hydrogens is 470 g/mol. The average molecular weight is 500 g/mol. The van der Waals surface area contributed by atoms with Crippen LogP contribution in [0, 0.1) is 0 Å². The first-order chi connectivity index (χ1) is 17.0. The highest BCUT2D eigenvalue weighted by molar-refractivity contribution is 7.17. The number of methoxy groups -OCH3 is 1. The van der Waals surface area contributed by atoms with Crippen LogP contribution in [0.25, 0.3) is 0 Å². The number of benzene rings is 1. The summed E-state index contributed by atoms with van der Waals surface area (Å²) in [6, 6.07) is 6.72. The number of anilines is 2. The van der Waals surface area contributed by atoms with Gasteiger partial charge in [-0.05, 0) is 49.8 Å². The van der Waals surface area contributed by atoms with Crippen LogP contribution >= 0.6 is 11.3 Å². The van der Waals surface area contributed by atoms with E-state index < -0.39 is 18.5 Å². The van der Waals surface area contributed by atoms with Gasteiger partial charge in [0.05, 0.1) is 23.4 Å². The predicted octanol–water partition coefficient (Wildman–Crippen LogP) is 2.93. The van der Waals surface area contributed by atoms with Crippen molar-refractivity contribution in [3.05, 3.63) is 45.8 Å². The Labute approximate surface area is 207 Å². The zero-order valence-electron chi connectivity index (χ0n) is 19.7. The number of fused-ring (bicyclic) bond motifs is 1. The average Bonchev–Trinajstić information content (AvgIpc) is 3.45. The van der Waals surface area contributed by atoms with E-state index in [1.807, 2.05) is 0 Å². The van der Waals surface area contributed by atoms with Crippen LogP contribution in [0.1, 0.15) is 56.8 Å². The molecule has 1 saturated heterocycles. The summed E-state index contributed by atoms with van der Waals surface area (Å²) in [4.78, 5) is 53.1. The van der Waals surface area contributed by atoms with E-state index >= 15 is 0 Å². The Morgan fingerprint density at radius 2 is 1.89 bits per heavy atom. The van der Waals surface area contributed by atoms with Crippen LogP contribution in [0.4, 0.5) is 10.7 Å². The molecule has 35 heavy (non-hydrogen) atoms. The van der Waals surface area contributed by atoms with Gasteiger partial charge in [0, 0.05) is 31.5 Å². The number of amides is 3. The Morgan fingerprint density at radius 3 is 2.66 bits per heavy atom. The maximum Gasteiger partial charge on any atom is 0.340 e. The molecule has 0 saturated carbocycles. The number of hydrogen-bond donors (Lipinski definition) is 2. The summed E-state index contributed by atoms with van der Waals surface area (Å²) in [6.45, 7) is 0.792. The molecule has 1 aromatic carbocycles. The van der Waals surface area contributed by atoms with E-state index in [-0.39, 0.29) is 17.4 Å². The number of carbonyl (C=O) groups excluding carboxylic acids is 4. The third-order valence-electron chi connectivity index (χ3n) is 6.07. The minimum atomic E-state index is -0.682. The SMILES string of the molecule is COCCNC(=O)c1c(NC(=O)COC(=O)c2ccccc2N2CCCC2=O)sc2c1CCCC2. The van der Waals surface area contributed by atoms with Crippen molar-refractivity contribution in [2.24, 2.45) is 0 Å². The topological polar surface area (TPSA) is 114 Å². The lowest BCUT2D eigenvalue weighted by Crippen LogP contribution is -2.29. The molecule has 2 aliphatic rings. The summed E-state index contributed by atoms with van der Waals surface area (Å²) in [5.41, 5.74) is 2.19. The predicted molar refractivity (Wildman–Crippen MR) is 132 cm³/mol. The summed E-state index contributed by atoms with van der Waals surface area (Å²) in [5, 5.41) is 6.07. The van der Waals surface area contributed by atoms with Gasteiger partial charge in [0.15, 0.2) is 6.61 Å². The fourth-order valence-corrected chi connectivity index (χ4v) is 5.71. The maximum absolute atomic E-state index is 12.9. The first-order valence-corrected chi connectivity index (χ1v) is 12.6. The Bertz CT molecular complexity index is 1130. The molecule has 0 unspecified atom stereocenters. The second-order valence-corrected chi connectivity index (χ2v) is 9.56. The summed E-state index contributed by atoms with van der Waals surface area (Å²) in [6.07, 6.45) is 4.87. The molecule has 0 atom stereocenters. The van der Waals surface area contributed by atoms with Crippen LogP contribution in [-0.2, 0) is 31.9 Å². The molecule has 1 aliphatic carbocycles. The quantitative estimate of drug-likeness (QED) is 0.405. The van der Waals surface area contributed by atoms with Crippen LogP contribution in [0.2, 0.25) is 0 Å². The van der Waals surface area contributed by atoms with Crippen molar-refractivity contribution < 1.29 is 28.7 Å². The molecule has 0 spiro atoms. The lowest BCUT2D eigenvalue weighted by Gasteiger charge is -2.18. The molecule has 1 aromatic heterocycles. The molecule has 2 aromatic rings. The summed E-state index contributed by atoms with van der Waals surface area (Å²) < 4.78 is 10.3. The number of thiophene rings is 1. The number of hydrogen-bond acceptors (Lipinski definition) is 7. The number of rotatable bonds is 9. The molecule has 2 heterocycles. The molecule has 2 N–H and O–H groups in total. The van der Waals surface area contributed by atoms with Gasteiger partial charge in [0.25, 0.3) is 11.8 Å². The van der Waals surface area contributed by atoms with Crippen LogP contribution in [0.5, 0.6) is 0 Å². The van der Waals surface area contributed by atoms with Gasteiger partial charge >= 0.3 is 5.97 Å². The normalized spacial score (nSPS) is 15.0. The zero-order valence-corrected chi connectivity index (χ0v) is 20.5. The first-order valence-electron chi connectivity index (χ1n) is 11.8. The van der Waals surface area contributed by atoms with Gasteiger partial charge in [-0.3, -0.25) is 14.4 Å². The van der Waals surface area contributed by atoms with Gasteiger partial charge in [-0.15, -0.1) is 11.3 Å². The minimum absolute atomic E-state index is 0.0408. The molecule has 4 rings (SSSR count). The standard InChI is InChI=1S/C25H29N3O6S/c1-33-14-12-26-23(31)22-17-8-3-5-10-19(17)35-24(22)27-20(29)15-34-25(32)16-7-2-4-9-18(16)28-13-6-11-21(28)30/h2,4,7,9H,3,5-6,8,10-15H2,1H3,(H,26,31)(H,27,29). The number of ether oxygens (including phenoxy) is 2. The van der Waals surface area contributed by atoms with Gasteiger partial charge in [0.1, 0.15) is 5.00 Å². The summed E-state index contributed by atoms with van der Waals surface area (Å²) >= 11 is 1.40. The molecule has 9 nitrogen and oxygen atoms in total. The van der Waals surface area contributed by atoms with Crippen LogP contribution < -0.4 is 15.5 Å². The van der Waals surface area contributed by atoms with Crippen molar-refractivity contribution >= 4 is 45.7 Å². The van der Waals surface area contributed by atoms with Crippen molar-refractivity contribution in [3.8, 4) is 0 Å². The fourth-order valence-electron chi connectivity index (χ4n) is 4.41. The Morgan fingerprint density at radius 1 is 1.09 bits per heavy atom. The van der Waals surface area contributed by atoms with E-state index in [0.717, 1.165) is 42.5 Å². The number of para-hydroxylation sites is 1. The lowest BCUT2D eigenvalue weighted by atomic mass is 9.95. The number of esters is 1. The smallest absolute Gasteiger partial charge is 0.340 e. The second kappa shape index (κ2) is 11.5. The molecule has 10 heteroatoms. The lowest BCUT2D eigenvalue weighted by molar-refractivity contribution is -0.119. The first kappa shape index (κ1) is 24.9. The third kappa shape index (κ3) is 5.71. The van der Waals surface area contributed by atoms with Crippen LogP contribution in [0.3, 0.4) is 0 Å². The molecule has 186 valence electrons.